The van der Waals surface area contributed by atoms with Gasteiger partial charge in [-0.3, -0.25) is 0 Å². The van der Waals surface area contributed by atoms with E-state index in [1.807, 2.05) is 34.6 Å². The van der Waals surface area contributed by atoms with Crippen molar-refractivity contribution >= 4 is 0 Å². The summed E-state index contributed by atoms with van der Waals surface area (Å²) in [5.41, 5.74) is 1.46. The Hall–Kier alpha value is -0.380. The molecule has 19 heavy (non-hydrogen) atoms. The van der Waals surface area contributed by atoms with Gasteiger partial charge in [0.15, 0.2) is 0 Å². The minimum atomic E-state index is -0.846. The third-order valence-electron chi connectivity index (χ3n) is 4.97. The molecule has 0 aromatic heterocycles. The number of aliphatic hydroxyl groups is 2. The first kappa shape index (κ1) is 18.6. The van der Waals surface area contributed by atoms with Crippen molar-refractivity contribution < 1.29 is 14.9 Å². The molecule has 0 fully saturated rings. The van der Waals surface area contributed by atoms with Crippen molar-refractivity contribution in [2.24, 2.45) is 11.3 Å². The van der Waals surface area contributed by atoms with Crippen LogP contribution in [-0.4, -0.2) is 35.6 Å². The predicted octanol–water partition coefficient (Wildman–Crippen LogP) is 3.15. The van der Waals surface area contributed by atoms with Crippen molar-refractivity contribution in [3.05, 3.63) is 11.1 Å². The van der Waals surface area contributed by atoms with Gasteiger partial charge in [-0.1, -0.05) is 34.1 Å². The largest absolute Gasteiger partial charge is 0.390 e. The second-order valence-corrected chi connectivity index (χ2v) is 6.26. The lowest BCUT2D eigenvalue weighted by Gasteiger charge is -2.39. The average Bonchev–Trinajstić information content (AvgIpc) is 2.41. The van der Waals surface area contributed by atoms with Gasteiger partial charge >= 0.3 is 0 Å². The van der Waals surface area contributed by atoms with E-state index < -0.39 is 12.2 Å². The molecule has 0 rings (SSSR count). The normalized spacial score (nSPS) is 20.5. The third kappa shape index (κ3) is 4.30. The van der Waals surface area contributed by atoms with E-state index in [0.29, 0.717) is 5.92 Å². The van der Waals surface area contributed by atoms with E-state index in [1.54, 1.807) is 7.11 Å². The minimum absolute atomic E-state index is 0.0476. The van der Waals surface area contributed by atoms with Crippen LogP contribution in [0.4, 0.5) is 0 Å². The lowest BCUT2D eigenvalue weighted by Crippen LogP contribution is -2.44. The Labute approximate surface area is 118 Å². The summed E-state index contributed by atoms with van der Waals surface area (Å²) in [5.74, 6) is 0.338. The Morgan fingerprint density at radius 1 is 1.11 bits per heavy atom. The van der Waals surface area contributed by atoms with Gasteiger partial charge in [0, 0.05) is 7.11 Å². The Bertz CT molecular complexity index is 307. The monoisotopic (exact) mass is 272 g/mol. The van der Waals surface area contributed by atoms with Crippen LogP contribution in [0.1, 0.15) is 54.9 Å². The fourth-order valence-corrected chi connectivity index (χ4v) is 2.19. The first-order valence-corrected chi connectivity index (χ1v) is 7.17. The quantitative estimate of drug-likeness (QED) is 0.700. The maximum atomic E-state index is 10.5. The molecular weight excluding hydrogens is 240 g/mol. The molecule has 0 unspecified atom stereocenters. The van der Waals surface area contributed by atoms with Crippen molar-refractivity contribution in [3.8, 4) is 0 Å². The molecule has 0 saturated heterocycles. The summed E-state index contributed by atoms with van der Waals surface area (Å²) in [7, 11) is 1.65. The average molecular weight is 272 g/mol. The molecule has 2 N–H and O–H groups in total. The first-order valence-electron chi connectivity index (χ1n) is 7.17. The standard InChI is InChI=1S/C16H32O3/c1-9-10(2)16(6,7)15(18)14(17)12(4)11(3)13(5)19-8/h10,13-15,17-18H,9H2,1-8H3/b12-11+/t10-,13+,14+,15+/m1/s1. The Morgan fingerprint density at radius 2 is 1.58 bits per heavy atom. The van der Waals surface area contributed by atoms with Crippen LogP contribution in [0.2, 0.25) is 0 Å². The molecular formula is C16H32O3. The van der Waals surface area contributed by atoms with Gasteiger partial charge < -0.3 is 14.9 Å². The van der Waals surface area contributed by atoms with Crippen LogP contribution in [-0.2, 0) is 4.74 Å². The Morgan fingerprint density at radius 3 is 1.95 bits per heavy atom. The molecule has 0 heterocycles. The van der Waals surface area contributed by atoms with Gasteiger partial charge in [0.05, 0.1) is 12.2 Å². The molecule has 0 aliphatic heterocycles. The van der Waals surface area contributed by atoms with Crippen molar-refractivity contribution in [3.63, 3.8) is 0 Å². The molecule has 114 valence electrons. The van der Waals surface area contributed by atoms with Crippen molar-refractivity contribution in [1.82, 2.24) is 0 Å². The van der Waals surface area contributed by atoms with Crippen LogP contribution in [0.25, 0.3) is 0 Å². The number of ether oxygens (including phenoxy) is 1. The topological polar surface area (TPSA) is 49.7 Å². The Kier molecular flexibility index (Phi) is 7.27. The molecule has 0 aliphatic rings. The molecule has 0 aromatic rings. The zero-order valence-electron chi connectivity index (χ0n) is 13.8. The number of aliphatic hydroxyl groups excluding tert-OH is 2. The highest BCUT2D eigenvalue weighted by Gasteiger charge is 2.38. The number of methoxy groups -OCH3 is 1. The molecule has 0 saturated carbocycles. The summed E-state index contributed by atoms with van der Waals surface area (Å²) in [6.07, 6.45) is -0.691. The summed E-state index contributed by atoms with van der Waals surface area (Å²) in [5, 5.41) is 20.9. The lowest BCUT2D eigenvalue weighted by molar-refractivity contribution is -0.0595. The van der Waals surface area contributed by atoms with Gasteiger partial charge in [-0.2, -0.15) is 0 Å². The van der Waals surface area contributed by atoms with Gasteiger partial charge in [0.25, 0.3) is 0 Å². The van der Waals surface area contributed by atoms with Crippen LogP contribution in [0.3, 0.4) is 0 Å². The highest BCUT2D eigenvalue weighted by molar-refractivity contribution is 5.19. The molecule has 4 atom stereocenters. The molecule has 0 spiro atoms. The smallest absolute Gasteiger partial charge is 0.101 e. The van der Waals surface area contributed by atoms with Crippen LogP contribution >= 0.6 is 0 Å². The number of hydrogen-bond donors (Lipinski definition) is 2. The van der Waals surface area contributed by atoms with E-state index in [0.717, 1.165) is 17.6 Å². The Balaban J connectivity index is 5.16. The second kappa shape index (κ2) is 7.41. The van der Waals surface area contributed by atoms with Crippen LogP contribution in [0.15, 0.2) is 11.1 Å². The SMILES string of the molecule is CC[C@@H](C)C(C)(C)[C@@H](O)[C@@H](O)/C(C)=C(\C)[C@H](C)OC. The summed E-state index contributed by atoms with van der Waals surface area (Å²) in [6, 6.07) is 0. The number of hydrogen-bond acceptors (Lipinski definition) is 3. The van der Waals surface area contributed by atoms with E-state index in [4.69, 9.17) is 4.74 Å². The van der Waals surface area contributed by atoms with Gasteiger partial charge in [-0.05, 0) is 43.3 Å². The van der Waals surface area contributed by atoms with Gasteiger partial charge in [0.2, 0.25) is 0 Å². The van der Waals surface area contributed by atoms with E-state index in [-0.39, 0.29) is 11.5 Å². The maximum absolute atomic E-state index is 10.5. The zero-order valence-corrected chi connectivity index (χ0v) is 13.8. The molecule has 0 aliphatic carbocycles. The van der Waals surface area contributed by atoms with Crippen LogP contribution < -0.4 is 0 Å². The fraction of sp³-hybridized carbons (Fsp3) is 0.875. The zero-order chi connectivity index (χ0) is 15.4. The minimum Gasteiger partial charge on any atom is -0.390 e. The highest BCUT2D eigenvalue weighted by atomic mass is 16.5. The lowest BCUT2D eigenvalue weighted by atomic mass is 9.71. The third-order valence-corrected chi connectivity index (χ3v) is 4.97. The van der Waals surface area contributed by atoms with Gasteiger partial charge in [-0.25, -0.2) is 0 Å². The van der Waals surface area contributed by atoms with E-state index >= 15 is 0 Å². The summed E-state index contributed by atoms with van der Waals surface area (Å²) < 4.78 is 5.27. The van der Waals surface area contributed by atoms with Gasteiger partial charge in [0.1, 0.15) is 6.10 Å². The summed E-state index contributed by atoms with van der Waals surface area (Å²) in [4.78, 5) is 0. The molecule has 0 amide bonds. The van der Waals surface area contributed by atoms with E-state index in [9.17, 15) is 10.2 Å². The molecule has 3 nitrogen and oxygen atoms in total. The summed E-state index contributed by atoms with van der Waals surface area (Å²) >= 11 is 0. The highest BCUT2D eigenvalue weighted by Crippen LogP contribution is 2.36. The maximum Gasteiger partial charge on any atom is 0.101 e. The van der Waals surface area contributed by atoms with E-state index in [1.165, 1.54) is 0 Å². The van der Waals surface area contributed by atoms with E-state index in [2.05, 4.69) is 13.8 Å². The first-order chi connectivity index (χ1) is 8.61. The molecule has 3 heteroatoms. The van der Waals surface area contributed by atoms with Crippen molar-refractivity contribution in [2.75, 3.05) is 7.11 Å². The van der Waals surface area contributed by atoms with Crippen molar-refractivity contribution in [2.45, 2.75) is 73.2 Å². The predicted molar refractivity (Wildman–Crippen MR) is 80.1 cm³/mol. The number of rotatable bonds is 7. The molecule has 0 aromatic carbocycles. The van der Waals surface area contributed by atoms with Crippen molar-refractivity contribution in [1.29, 1.82) is 0 Å². The van der Waals surface area contributed by atoms with Crippen LogP contribution in [0.5, 0.6) is 0 Å². The van der Waals surface area contributed by atoms with Crippen LogP contribution in [0, 0.1) is 11.3 Å². The second-order valence-electron chi connectivity index (χ2n) is 6.26. The molecule has 0 radical (unpaired) electrons. The van der Waals surface area contributed by atoms with Gasteiger partial charge in [-0.15, -0.1) is 0 Å². The summed E-state index contributed by atoms with van der Waals surface area (Å²) in [6.45, 7) is 14.0. The fourth-order valence-electron chi connectivity index (χ4n) is 2.19. The molecule has 0 bridgehead atoms.